The smallest absolute Gasteiger partial charge is 0.244 e. The van der Waals surface area contributed by atoms with Crippen molar-refractivity contribution in [3.8, 4) is 11.5 Å². The highest BCUT2D eigenvalue weighted by Gasteiger charge is 1.97. The second-order valence-corrected chi connectivity index (χ2v) is 4.67. The Hall–Kier alpha value is -3.01. The van der Waals surface area contributed by atoms with Gasteiger partial charge in [-0.2, -0.15) is 0 Å². The van der Waals surface area contributed by atoms with Gasteiger partial charge in [0.2, 0.25) is 5.91 Å². The third-order valence-corrected chi connectivity index (χ3v) is 2.96. The lowest BCUT2D eigenvalue weighted by atomic mass is 10.2. The minimum absolute atomic E-state index is 0.159. The van der Waals surface area contributed by atoms with Crippen LogP contribution in [0, 0.1) is 0 Å². The van der Waals surface area contributed by atoms with Crippen LogP contribution in [0.25, 0.3) is 6.08 Å². The van der Waals surface area contributed by atoms with Crippen LogP contribution in [0.3, 0.4) is 0 Å². The van der Waals surface area contributed by atoms with Gasteiger partial charge in [-0.3, -0.25) is 4.79 Å². The van der Waals surface area contributed by atoms with Gasteiger partial charge < -0.3 is 15.5 Å². The minimum atomic E-state index is -0.179. The van der Waals surface area contributed by atoms with Gasteiger partial charge >= 0.3 is 0 Å². The molecule has 0 unspecified atom stereocenters. The Kier molecular flexibility index (Phi) is 5.37. The number of phenolic OH excluding ortho intramolecular Hbond substituents is 2. The lowest BCUT2D eigenvalue weighted by Gasteiger charge is -2.01. The highest BCUT2D eigenvalue weighted by molar-refractivity contribution is 5.87. The Morgan fingerprint density at radius 3 is 2.50 bits per heavy atom. The van der Waals surface area contributed by atoms with E-state index in [1.165, 1.54) is 18.2 Å². The number of allylic oxidation sites excluding steroid dienone is 2. The Labute approximate surface area is 129 Å². The average Bonchev–Trinajstić information content (AvgIpc) is 2.54. The van der Waals surface area contributed by atoms with Gasteiger partial charge in [-0.05, 0) is 23.3 Å². The van der Waals surface area contributed by atoms with E-state index < -0.39 is 0 Å². The summed E-state index contributed by atoms with van der Waals surface area (Å²) in [5.74, 6) is -0.512. The lowest BCUT2D eigenvalue weighted by Crippen LogP contribution is -2.20. The summed E-state index contributed by atoms with van der Waals surface area (Å²) < 4.78 is 0. The topological polar surface area (TPSA) is 69.6 Å². The molecular formula is C18H17NO3. The number of aromatic hydroxyl groups is 2. The quantitative estimate of drug-likeness (QED) is 0.451. The van der Waals surface area contributed by atoms with Crippen molar-refractivity contribution in [2.24, 2.45) is 0 Å². The zero-order chi connectivity index (χ0) is 15.8. The fraction of sp³-hybridized carbons (Fsp3) is 0.0556. The number of phenols is 2. The molecule has 0 saturated heterocycles. The zero-order valence-corrected chi connectivity index (χ0v) is 11.9. The standard InChI is InChI=1S/C18H17NO3/c20-16-11-10-14(12-17(16)21)6-4-5-9-18(22)19-13-15-7-2-1-3-8-15/h1-12,20-21H,13H2,(H,19,22)/b6-4+,9-5+. The zero-order valence-electron chi connectivity index (χ0n) is 11.9. The van der Waals surface area contributed by atoms with Crippen molar-refractivity contribution < 1.29 is 15.0 Å². The molecule has 0 aliphatic carbocycles. The van der Waals surface area contributed by atoms with Gasteiger partial charge in [0.25, 0.3) is 0 Å². The molecule has 0 aromatic heterocycles. The van der Waals surface area contributed by atoms with Crippen LogP contribution in [0.15, 0.2) is 66.8 Å². The van der Waals surface area contributed by atoms with Crippen LogP contribution in [0.4, 0.5) is 0 Å². The predicted octanol–water partition coefficient (Wildman–Crippen LogP) is 2.98. The molecule has 4 heteroatoms. The minimum Gasteiger partial charge on any atom is -0.504 e. The molecule has 0 spiro atoms. The third kappa shape index (κ3) is 4.83. The summed E-state index contributed by atoms with van der Waals surface area (Å²) in [6.07, 6.45) is 6.46. The van der Waals surface area contributed by atoms with Crippen LogP contribution in [0.1, 0.15) is 11.1 Å². The summed E-state index contributed by atoms with van der Waals surface area (Å²) in [7, 11) is 0. The Balaban J connectivity index is 1.82. The molecule has 3 N–H and O–H groups in total. The molecular weight excluding hydrogens is 278 g/mol. The van der Waals surface area contributed by atoms with Crippen molar-refractivity contribution in [3.63, 3.8) is 0 Å². The maximum atomic E-state index is 11.6. The number of amides is 1. The van der Waals surface area contributed by atoms with Crippen molar-refractivity contribution >= 4 is 12.0 Å². The van der Waals surface area contributed by atoms with Gasteiger partial charge in [0.1, 0.15) is 0 Å². The molecule has 0 heterocycles. The van der Waals surface area contributed by atoms with E-state index in [4.69, 9.17) is 0 Å². The predicted molar refractivity (Wildman–Crippen MR) is 86.2 cm³/mol. The van der Waals surface area contributed by atoms with Crippen molar-refractivity contribution in [2.45, 2.75) is 6.54 Å². The molecule has 2 rings (SSSR count). The van der Waals surface area contributed by atoms with E-state index in [1.54, 1.807) is 24.3 Å². The fourth-order valence-corrected chi connectivity index (χ4v) is 1.80. The molecule has 0 aliphatic rings. The molecule has 4 nitrogen and oxygen atoms in total. The molecule has 1 amide bonds. The Bertz CT molecular complexity index is 691. The Morgan fingerprint density at radius 1 is 1.00 bits per heavy atom. The Morgan fingerprint density at radius 2 is 1.77 bits per heavy atom. The molecule has 0 bridgehead atoms. The summed E-state index contributed by atoms with van der Waals surface area (Å²) in [5.41, 5.74) is 1.77. The molecule has 22 heavy (non-hydrogen) atoms. The number of nitrogens with one attached hydrogen (secondary N) is 1. The van der Waals surface area contributed by atoms with Crippen molar-refractivity contribution in [2.75, 3.05) is 0 Å². The molecule has 0 aliphatic heterocycles. The van der Waals surface area contributed by atoms with Crippen LogP contribution < -0.4 is 5.32 Å². The average molecular weight is 295 g/mol. The molecule has 0 radical (unpaired) electrons. The van der Waals surface area contributed by atoms with Gasteiger partial charge in [0.05, 0.1) is 0 Å². The summed E-state index contributed by atoms with van der Waals surface area (Å²) in [6, 6.07) is 14.2. The summed E-state index contributed by atoms with van der Waals surface area (Å²) in [6.45, 7) is 0.486. The number of hydrogen-bond acceptors (Lipinski definition) is 3. The van der Waals surface area contributed by atoms with E-state index in [0.717, 1.165) is 11.1 Å². The van der Waals surface area contributed by atoms with E-state index in [2.05, 4.69) is 5.32 Å². The van der Waals surface area contributed by atoms with Crippen LogP contribution in [0.2, 0.25) is 0 Å². The van der Waals surface area contributed by atoms with Crippen LogP contribution in [0.5, 0.6) is 11.5 Å². The number of carbonyl (C=O) groups excluding carboxylic acids is 1. The van der Waals surface area contributed by atoms with Crippen LogP contribution in [-0.4, -0.2) is 16.1 Å². The molecule has 2 aromatic carbocycles. The summed E-state index contributed by atoms with van der Waals surface area (Å²) in [4.78, 5) is 11.6. The maximum Gasteiger partial charge on any atom is 0.244 e. The number of benzene rings is 2. The second kappa shape index (κ2) is 7.69. The van der Waals surface area contributed by atoms with Crippen molar-refractivity contribution in [1.82, 2.24) is 5.32 Å². The third-order valence-electron chi connectivity index (χ3n) is 2.96. The van der Waals surface area contributed by atoms with Crippen molar-refractivity contribution in [1.29, 1.82) is 0 Å². The lowest BCUT2D eigenvalue weighted by molar-refractivity contribution is -0.116. The number of carbonyl (C=O) groups is 1. The molecule has 0 fully saturated rings. The first-order valence-electron chi connectivity index (χ1n) is 6.83. The van der Waals surface area contributed by atoms with Crippen LogP contribution >= 0.6 is 0 Å². The van der Waals surface area contributed by atoms with Gasteiger partial charge in [-0.1, -0.05) is 54.6 Å². The first-order valence-corrected chi connectivity index (χ1v) is 6.83. The van der Waals surface area contributed by atoms with E-state index >= 15 is 0 Å². The molecule has 0 atom stereocenters. The van der Waals surface area contributed by atoms with Gasteiger partial charge in [0, 0.05) is 12.6 Å². The van der Waals surface area contributed by atoms with Crippen LogP contribution in [-0.2, 0) is 11.3 Å². The van der Waals surface area contributed by atoms with E-state index in [1.807, 2.05) is 30.3 Å². The van der Waals surface area contributed by atoms with Crippen molar-refractivity contribution in [3.05, 3.63) is 77.9 Å². The summed E-state index contributed by atoms with van der Waals surface area (Å²) in [5, 5.41) is 21.3. The highest BCUT2D eigenvalue weighted by Crippen LogP contribution is 2.25. The van der Waals surface area contributed by atoms with Gasteiger partial charge in [-0.25, -0.2) is 0 Å². The molecule has 0 saturated carbocycles. The van der Waals surface area contributed by atoms with E-state index in [0.29, 0.717) is 6.54 Å². The SMILES string of the molecule is O=C(/C=C/C=C/c1ccc(O)c(O)c1)NCc1ccccc1. The number of rotatable bonds is 5. The summed E-state index contributed by atoms with van der Waals surface area (Å²) >= 11 is 0. The van der Waals surface area contributed by atoms with E-state index in [-0.39, 0.29) is 17.4 Å². The largest absolute Gasteiger partial charge is 0.504 e. The second-order valence-electron chi connectivity index (χ2n) is 4.67. The monoisotopic (exact) mass is 295 g/mol. The van der Waals surface area contributed by atoms with Gasteiger partial charge in [-0.15, -0.1) is 0 Å². The van der Waals surface area contributed by atoms with E-state index in [9.17, 15) is 15.0 Å². The molecule has 112 valence electrons. The number of hydrogen-bond donors (Lipinski definition) is 3. The normalized spacial score (nSPS) is 11.1. The fourth-order valence-electron chi connectivity index (χ4n) is 1.80. The highest BCUT2D eigenvalue weighted by atomic mass is 16.3. The first-order chi connectivity index (χ1) is 10.6. The molecule has 2 aromatic rings. The first kappa shape index (κ1) is 15.4. The van der Waals surface area contributed by atoms with Gasteiger partial charge in [0.15, 0.2) is 11.5 Å². The maximum absolute atomic E-state index is 11.6.